The van der Waals surface area contributed by atoms with E-state index in [0.717, 1.165) is 5.56 Å². The first kappa shape index (κ1) is 17.9. The third-order valence-corrected chi connectivity index (χ3v) is 4.78. The summed E-state index contributed by atoms with van der Waals surface area (Å²) < 4.78 is 5.60. The molecule has 3 rings (SSSR count). The summed E-state index contributed by atoms with van der Waals surface area (Å²) in [5.74, 6) is -1.40. The number of benzene rings is 1. The number of hydrogen-bond donors (Lipinski definition) is 2. The summed E-state index contributed by atoms with van der Waals surface area (Å²) in [6.45, 7) is 0.317. The fourth-order valence-electron chi connectivity index (χ4n) is 2.62. The number of carbonyl (C=O) groups is 3. The van der Waals surface area contributed by atoms with Gasteiger partial charge < -0.3 is 20.3 Å². The summed E-state index contributed by atoms with van der Waals surface area (Å²) in [5, 5.41) is 8.95. The number of fused-ring (bicyclic) bond motifs is 1. The minimum absolute atomic E-state index is 0.0336. The molecule has 7 nitrogen and oxygen atoms in total. The Morgan fingerprint density at radius 2 is 2.08 bits per heavy atom. The number of para-hydroxylation sites is 2. The molecule has 2 aromatic rings. The molecule has 1 aromatic heterocycles. The van der Waals surface area contributed by atoms with Crippen LogP contribution in [0.2, 0.25) is 0 Å². The number of likely N-dealkylation sites (N-methyl/N-ethyl adjacent to an activating group) is 1. The Bertz CT molecular complexity index is 807. The van der Waals surface area contributed by atoms with Gasteiger partial charge in [-0.15, -0.1) is 0 Å². The number of carbonyl (C=O) groups excluding carboxylic acids is 3. The maximum atomic E-state index is 12.5. The molecule has 136 valence electrons. The Morgan fingerprint density at radius 1 is 1.27 bits per heavy atom. The van der Waals surface area contributed by atoms with Gasteiger partial charge in [-0.05, 0) is 40.9 Å². The zero-order chi connectivity index (χ0) is 18.5. The van der Waals surface area contributed by atoms with Gasteiger partial charge in [0, 0.05) is 13.6 Å². The van der Waals surface area contributed by atoms with Crippen LogP contribution in [0.3, 0.4) is 0 Å². The Balaban J connectivity index is 1.55. The molecule has 2 N–H and O–H groups in total. The van der Waals surface area contributed by atoms with Gasteiger partial charge >= 0.3 is 11.8 Å². The molecule has 2 heterocycles. The predicted molar refractivity (Wildman–Crippen MR) is 98.3 cm³/mol. The van der Waals surface area contributed by atoms with Gasteiger partial charge in [-0.1, -0.05) is 12.1 Å². The Morgan fingerprint density at radius 3 is 2.85 bits per heavy atom. The Labute approximate surface area is 155 Å². The molecule has 1 aromatic carbocycles. The van der Waals surface area contributed by atoms with Gasteiger partial charge in [0.25, 0.3) is 5.91 Å². The van der Waals surface area contributed by atoms with Crippen molar-refractivity contribution in [1.29, 1.82) is 0 Å². The third-order valence-electron chi connectivity index (χ3n) is 4.05. The first-order valence-electron chi connectivity index (χ1n) is 8.15. The molecule has 3 amide bonds. The highest BCUT2D eigenvalue weighted by Crippen LogP contribution is 2.29. The van der Waals surface area contributed by atoms with E-state index >= 15 is 0 Å². The van der Waals surface area contributed by atoms with Crippen LogP contribution < -0.4 is 20.3 Å². The van der Waals surface area contributed by atoms with Crippen molar-refractivity contribution in [3.05, 3.63) is 46.7 Å². The second-order valence-corrected chi connectivity index (χ2v) is 6.62. The van der Waals surface area contributed by atoms with Crippen molar-refractivity contribution in [2.45, 2.75) is 12.5 Å². The van der Waals surface area contributed by atoms with E-state index < -0.39 is 17.9 Å². The summed E-state index contributed by atoms with van der Waals surface area (Å²) in [7, 11) is 1.61. The Hall–Kier alpha value is -2.87. The van der Waals surface area contributed by atoms with Crippen molar-refractivity contribution in [2.24, 2.45) is 0 Å². The number of nitrogens with zero attached hydrogens (tertiary/aromatic N) is 1. The lowest BCUT2D eigenvalue weighted by atomic mass is 10.2. The number of thiophene rings is 1. The van der Waals surface area contributed by atoms with Crippen LogP contribution in [0.15, 0.2) is 41.1 Å². The van der Waals surface area contributed by atoms with Gasteiger partial charge in [-0.3, -0.25) is 14.4 Å². The zero-order valence-corrected chi connectivity index (χ0v) is 15.0. The van der Waals surface area contributed by atoms with E-state index in [1.54, 1.807) is 42.6 Å². The highest BCUT2D eigenvalue weighted by Gasteiger charge is 2.31. The van der Waals surface area contributed by atoms with E-state index in [9.17, 15) is 14.4 Å². The van der Waals surface area contributed by atoms with Crippen molar-refractivity contribution in [3.63, 3.8) is 0 Å². The molecule has 1 aliphatic heterocycles. The maximum absolute atomic E-state index is 12.5. The Kier molecular flexibility index (Phi) is 5.52. The number of amides is 3. The lowest BCUT2D eigenvalue weighted by Crippen LogP contribution is -2.53. The average molecular weight is 373 g/mol. The van der Waals surface area contributed by atoms with Crippen LogP contribution >= 0.6 is 11.3 Å². The molecule has 1 aliphatic rings. The van der Waals surface area contributed by atoms with Gasteiger partial charge in [0.2, 0.25) is 0 Å². The molecule has 0 aliphatic carbocycles. The minimum atomic E-state index is -0.928. The van der Waals surface area contributed by atoms with Crippen molar-refractivity contribution in [1.82, 2.24) is 10.6 Å². The monoisotopic (exact) mass is 373 g/mol. The van der Waals surface area contributed by atoms with E-state index in [-0.39, 0.29) is 12.5 Å². The summed E-state index contributed by atoms with van der Waals surface area (Å²) in [6, 6.07) is 8.14. The molecule has 0 fully saturated rings. The van der Waals surface area contributed by atoms with Crippen LogP contribution in [0.25, 0.3) is 0 Å². The summed E-state index contributed by atoms with van der Waals surface area (Å²) in [4.78, 5) is 38.0. The topological polar surface area (TPSA) is 87.7 Å². The lowest BCUT2D eigenvalue weighted by molar-refractivity contribution is -0.140. The smallest absolute Gasteiger partial charge is 0.310 e. The molecule has 0 saturated heterocycles. The van der Waals surface area contributed by atoms with Gasteiger partial charge in [0.05, 0.1) is 5.69 Å². The average Bonchev–Trinajstić information content (AvgIpc) is 3.13. The molecular weight excluding hydrogens is 354 g/mol. The zero-order valence-electron chi connectivity index (χ0n) is 14.2. The third kappa shape index (κ3) is 4.02. The summed E-state index contributed by atoms with van der Waals surface area (Å²) in [5.41, 5.74) is 1.72. The second-order valence-electron chi connectivity index (χ2n) is 5.84. The molecule has 0 radical (unpaired) electrons. The number of hydrogen-bond acceptors (Lipinski definition) is 5. The van der Waals surface area contributed by atoms with Gasteiger partial charge in [-0.2, -0.15) is 11.3 Å². The molecule has 0 saturated carbocycles. The van der Waals surface area contributed by atoms with Crippen molar-refractivity contribution < 1.29 is 19.1 Å². The highest BCUT2D eigenvalue weighted by molar-refractivity contribution is 7.07. The molecule has 0 bridgehead atoms. The predicted octanol–water partition coefficient (Wildman–Crippen LogP) is 0.947. The van der Waals surface area contributed by atoms with E-state index in [0.29, 0.717) is 24.4 Å². The molecule has 26 heavy (non-hydrogen) atoms. The number of anilines is 1. The largest absolute Gasteiger partial charge is 0.489 e. The molecule has 0 spiro atoms. The summed E-state index contributed by atoms with van der Waals surface area (Å²) >= 11 is 1.58. The number of rotatable bonds is 4. The van der Waals surface area contributed by atoms with Gasteiger partial charge in [0.1, 0.15) is 18.4 Å². The lowest BCUT2D eigenvalue weighted by Gasteiger charge is -2.20. The maximum Gasteiger partial charge on any atom is 0.310 e. The minimum Gasteiger partial charge on any atom is -0.489 e. The highest BCUT2D eigenvalue weighted by atomic mass is 32.1. The normalized spacial score (nSPS) is 16.3. The molecule has 8 heteroatoms. The van der Waals surface area contributed by atoms with Crippen molar-refractivity contribution in [3.8, 4) is 5.75 Å². The second kappa shape index (κ2) is 8.01. The van der Waals surface area contributed by atoms with Crippen molar-refractivity contribution >= 4 is 34.7 Å². The first-order chi connectivity index (χ1) is 12.6. The molecule has 0 unspecified atom stereocenters. The standard InChI is InChI=1S/C18H19N3O4S/c1-21-14-4-2-3-5-15(14)25-10-13(18(21)24)20-17(23)16(22)19-8-6-12-7-9-26-11-12/h2-5,7,9,11,13H,6,8,10H2,1H3,(H,19,22)(H,20,23)/t13-/m0/s1. The fraction of sp³-hybridized carbons (Fsp3) is 0.278. The SMILES string of the molecule is CN1C(=O)[C@@H](NC(=O)C(=O)NCCc2ccsc2)COc2ccccc21. The van der Waals surface area contributed by atoms with Crippen LogP contribution in [0, 0.1) is 0 Å². The number of ether oxygens (including phenoxy) is 1. The first-order valence-corrected chi connectivity index (χ1v) is 9.09. The van der Waals surface area contributed by atoms with Crippen LogP contribution in [-0.2, 0) is 20.8 Å². The molecule has 1 atom stereocenters. The quantitative estimate of drug-likeness (QED) is 0.781. The van der Waals surface area contributed by atoms with E-state index in [1.807, 2.05) is 16.8 Å². The van der Waals surface area contributed by atoms with E-state index in [4.69, 9.17) is 4.74 Å². The van der Waals surface area contributed by atoms with E-state index in [2.05, 4.69) is 10.6 Å². The van der Waals surface area contributed by atoms with Crippen LogP contribution in [-0.4, -0.2) is 44.0 Å². The van der Waals surface area contributed by atoms with Crippen LogP contribution in [0.4, 0.5) is 5.69 Å². The fourth-order valence-corrected chi connectivity index (χ4v) is 3.32. The van der Waals surface area contributed by atoms with Crippen LogP contribution in [0.1, 0.15) is 5.56 Å². The van der Waals surface area contributed by atoms with Crippen LogP contribution in [0.5, 0.6) is 5.75 Å². The number of nitrogens with one attached hydrogen (secondary N) is 2. The summed E-state index contributed by atoms with van der Waals surface area (Å²) in [6.07, 6.45) is 0.645. The molecular formula is C18H19N3O4S. The van der Waals surface area contributed by atoms with Gasteiger partial charge in [-0.25, -0.2) is 0 Å². The van der Waals surface area contributed by atoms with Crippen molar-refractivity contribution in [2.75, 3.05) is 25.1 Å². The van der Waals surface area contributed by atoms with Gasteiger partial charge in [0.15, 0.2) is 0 Å². The van der Waals surface area contributed by atoms with E-state index in [1.165, 1.54) is 4.90 Å².